The number of nitrogens with one attached hydrogen (secondary N) is 2. The molecule has 2 aromatic carbocycles. The van der Waals surface area contributed by atoms with Gasteiger partial charge in [-0.05, 0) is 37.5 Å². The molecular weight excluding hydrogens is 423 g/mol. The summed E-state index contributed by atoms with van der Waals surface area (Å²) in [6.45, 7) is 3.90. The number of piperidine rings is 1. The van der Waals surface area contributed by atoms with Crippen molar-refractivity contribution in [1.29, 1.82) is 0 Å². The highest BCUT2D eigenvalue weighted by atomic mass is 35.5. The number of rotatable bonds is 6. The quantitative estimate of drug-likeness (QED) is 0.628. The van der Waals surface area contributed by atoms with Crippen LogP contribution in [0.5, 0.6) is 0 Å². The Morgan fingerprint density at radius 1 is 1.03 bits per heavy atom. The first-order valence-corrected chi connectivity index (χ1v) is 9.71. The van der Waals surface area contributed by atoms with Gasteiger partial charge in [0.05, 0.1) is 6.54 Å². The van der Waals surface area contributed by atoms with Crippen molar-refractivity contribution in [1.82, 2.24) is 10.2 Å². The second-order valence-electron chi connectivity index (χ2n) is 7.36. The number of benzene rings is 2. The summed E-state index contributed by atoms with van der Waals surface area (Å²) in [7, 11) is 0. The van der Waals surface area contributed by atoms with Crippen LogP contribution in [0.1, 0.15) is 30.0 Å². The van der Waals surface area contributed by atoms with Gasteiger partial charge in [0.25, 0.3) is 0 Å². The number of para-hydroxylation sites is 1. The molecule has 1 unspecified atom stereocenters. The Labute approximate surface area is 190 Å². The van der Waals surface area contributed by atoms with Crippen molar-refractivity contribution in [2.45, 2.75) is 31.8 Å². The first kappa shape index (κ1) is 25.9. The average molecular weight is 453 g/mol. The third-order valence-corrected chi connectivity index (χ3v) is 5.08. The van der Waals surface area contributed by atoms with Crippen LogP contribution in [0.4, 0.5) is 5.69 Å². The Balaban J connectivity index is 0.00000225. The molecule has 164 valence electrons. The molecular formula is C22H30Cl2N4O2. The van der Waals surface area contributed by atoms with E-state index in [0.29, 0.717) is 6.54 Å². The fourth-order valence-corrected chi connectivity index (χ4v) is 3.38. The van der Waals surface area contributed by atoms with Crippen molar-refractivity contribution in [3.05, 3.63) is 65.7 Å². The SMILES string of the molecule is Cc1ccc(C(N)C(=O)NC2CCN(CC(=O)Nc3ccccc3)CC2)cc1.Cl.Cl. The maximum Gasteiger partial charge on any atom is 0.241 e. The third-order valence-electron chi connectivity index (χ3n) is 5.08. The predicted molar refractivity (Wildman–Crippen MR) is 125 cm³/mol. The Kier molecular flexibility index (Phi) is 10.8. The van der Waals surface area contributed by atoms with Gasteiger partial charge in [-0.15, -0.1) is 24.8 Å². The maximum absolute atomic E-state index is 12.4. The molecule has 0 saturated carbocycles. The monoisotopic (exact) mass is 452 g/mol. The molecule has 1 heterocycles. The van der Waals surface area contributed by atoms with E-state index in [1.165, 1.54) is 0 Å². The lowest BCUT2D eigenvalue weighted by Gasteiger charge is -2.32. The summed E-state index contributed by atoms with van der Waals surface area (Å²) in [6, 6.07) is 16.6. The minimum atomic E-state index is -0.657. The molecule has 6 nitrogen and oxygen atoms in total. The molecule has 0 radical (unpaired) electrons. The molecule has 1 fully saturated rings. The Morgan fingerprint density at radius 3 is 2.23 bits per heavy atom. The van der Waals surface area contributed by atoms with Gasteiger partial charge in [0.2, 0.25) is 11.8 Å². The van der Waals surface area contributed by atoms with Crippen LogP contribution in [-0.4, -0.2) is 42.4 Å². The lowest BCUT2D eigenvalue weighted by molar-refractivity contribution is -0.124. The van der Waals surface area contributed by atoms with Gasteiger partial charge >= 0.3 is 0 Å². The van der Waals surface area contributed by atoms with Crippen LogP contribution in [0.3, 0.4) is 0 Å². The zero-order chi connectivity index (χ0) is 19.9. The van der Waals surface area contributed by atoms with Gasteiger partial charge in [-0.3, -0.25) is 14.5 Å². The van der Waals surface area contributed by atoms with Crippen LogP contribution in [0, 0.1) is 6.92 Å². The Bertz CT molecular complexity index is 795. The summed E-state index contributed by atoms with van der Waals surface area (Å²) in [5.41, 5.74) is 8.86. The summed E-state index contributed by atoms with van der Waals surface area (Å²) in [5, 5.41) is 5.96. The van der Waals surface area contributed by atoms with Gasteiger partial charge in [-0.25, -0.2) is 0 Å². The third kappa shape index (κ3) is 7.61. The summed E-state index contributed by atoms with van der Waals surface area (Å²) in [4.78, 5) is 26.7. The Hall–Kier alpha value is -2.12. The summed E-state index contributed by atoms with van der Waals surface area (Å²) in [5.74, 6) is -0.167. The fraction of sp³-hybridized carbons (Fsp3) is 0.364. The van der Waals surface area contributed by atoms with Gasteiger partial charge in [-0.2, -0.15) is 0 Å². The molecule has 1 atom stereocenters. The van der Waals surface area contributed by atoms with E-state index in [9.17, 15) is 9.59 Å². The smallest absolute Gasteiger partial charge is 0.241 e. The van der Waals surface area contributed by atoms with E-state index in [1.807, 2.05) is 61.5 Å². The van der Waals surface area contributed by atoms with Gasteiger partial charge in [-0.1, -0.05) is 48.0 Å². The van der Waals surface area contributed by atoms with E-state index in [-0.39, 0.29) is 42.7 Å². The van der Waals surface area contributed by atoms with Crippen molar-refractivity contribution in [2.24, 2.45) is 5.73 Å². The van der Waals surface area contributed by atoms with Crippen LogP contribution in [0.15, 0.2) is 54.6 Å². The van der Waals surface area contributed by atoms with Crippen molar-refractivity contribution in [3.63, 3.8) is 0 Å². The fourth-order valence-electron chi connectivity index (χ4n) is 3.38. The number of aryl methyl sites for hydroxylation is 1. The number of hydrogen-bond donors (Lipinski definition) is 3. The molecule has 2 aromatic rings. The first-order chi connectivity index (χ1) is 13.5. The zero-order valence-electron chi connectivity index (χ0n) is 17.0. The molecule has 8 heteroatoms. The van der Waals surface area contributed by atoms with Crippen LogP contribution in [-0.2, 0) is 9.59 Å². The van der Waals surface area contributed by atoms with E-state index < -0.39 is 6.04 Å². The van der Waals surface area contributed by atoms with Crippen LogP contribution < -0.4 is 16.4 Å². The standard InChI is InChI=1S/C22H28N4O2.2ClH/c1-16-7-9-17(10-8-16)21(23)22(28)25-19-11-13-26(14-12-19)15-20(27)24-18-5-3-2-4-6-18;;/h2-10,19,21H,11-15,23H2,1H3,(H,24,27)(H,25,28);2*1H. The second-order valence-corrected chi connectivity index (χ2v) is 7.36. The molecule has 1 aliphatic rings. The lowest BCUT2D eigenvalue weighted by Crippen LogP contribution is -2.48. The molecule has 3 rings (SSSR count). The van der Waals surface area contributed by atoms with Gasteiger partial charge in [0.1, 0.15) is 6.04 Å². The number of nitrogens with two attached hydrogens (primary N) is 1. The normalized spacial score (nSPS) is 15.3. The molecule has 0 aliphatic carbocycles. The summed E-state index contributed by atoms with van der Waals surface area (Å²) >= 11 is 0. The highest BCUT2D eigenvalue weighted by molar-refractivity contribution is 5.92. The number of halogens is 2. The van der Waals surface area contributed by atoms with Crippen LogP contribution in [0.2, 0.25) is 0 Å². The number of carbonyl (C=O) groups is 2. The highest BCUT2D eigenvalue weighted by Crippen LogP contribution is 2.15. The summed E-state index contributed by atoms with van der Waals surface area (Å²) < 4.78 is 0. The molecule has 1 saturated heterocycles. The Morgan fingerprint density at radius 2 is 1.63 bits per heavy atom. The number of nitrogens with zero attached hydrogens (tertiary/aromatic N) is 1. The van der Waals surface area contributed by atoms with E-state index in [0.717, 1.165) is 42.7 Å². The molecule has 30 heavy (non-hydrogen) atoms. The second kappa shape index (κ2) is 12.5. The molecule has 2 amide bonds. The number of amides is 2. The lowest BCUT2D eigenvalue weighted by atomic mass is 10.0. The van der Waals surface area contributed by atoms with E-state index >= 15 is 0 Å². The van der Waals surface area contributed by atoms with Crippen LogP contribution >= 0.6 is 24.8 Å². The average Bonchev–Trinajstić information content (AvgIpc) is 2.70. The first-order valence-electron chi connectivity index (χ1n) is 9.71. The number of anilines is 1. The summed E-state index contributed by atoms with van der Waals surface area (Å²) in [6.07, 6.45) is 1.62. The van der Waals surface area contributed by atoms with Gasteiger partial charge in [0, 0.05) is 24.8 Å². The van der Waals surface area contributed by atoms with Crippen molar-refractivity contribution in [2.75, 3.05) is 25.0 Å². The number of likely N-dealkylation sites (tertiary alicyclic amines) is 1. The largest absolute Gasteiger partial charge is 0.352 e. The molecule has 0 spiro atoms. The van der Waals surface area contributed by atoms with Crippen molar-refractivity contribution in [3.8, 4) is 0 Å². The van der Waals surface area contributed by atoms with Gasteiger partial charge < -0.3 is 16.4 Å². The topological polar surface area (TPSA) is 87.5 Å². The number of hydrogen-bond acceptors (Lipinski definition) is 4. The van der Waals surface area contributed by atoms with E-state index in [4.69, 9.17) is 5.73 Å². The highest BCUT2D eigenvalue weighted by Gasteiger charge is 2.24. The molecule has 0 aromatic heterocycles. The zero-order valence-corrected chi connectivity index (χ0v) is 18.7. The van der Waals surface area contributed by atoms with Gasteiger partial charge in [0.15, 0.2) is 0 Å². The van der Waals surface area contributed by atoms with Crippen molar-refractivity contribution < 1.29 is 9.59 Å². The molecule has 1 aliphatic heterocycles. The van der Waals surface area contributed by atoms with Crippen molar-refractivity contribution >= 4 is 42.3 Å². The van der Waals surface area contributed by atoms with Crippen LogP contribution in [0.25, 0.3) is 0 Å². The number of carbonyl (C=O) groups excluding carboxylic acids is 2. The molecule has 4 N–H and O–H groups in total. The predicted octanol–water partition coefficient (Wildman–Crippen LogP) is 3.06. The molecule has 0 bridgehead atoms. The minimum Gasteiger partial charge on any atom is -0.352 e. The maximum atomic E-state index is 12.4. The van der Waals surface area contributed by atoms with E-state index in [1.54, 1.807) is 0 Å². The van der Waals surface area contributed by atoms with E-state index in [2.05, 4.69) is 15.5 Å². The minimum absolute atomic E-state index is 0.